The zero-order valence-electron chi connectivity index (χ0n) is 13.6. The van der Waals surface area contributed by atoms with Gasteiger partial charge in [0.2, 0.25) is 5.91 Å². The van der Waals surface area contributed by atoms with E-state index >= 15 is 0 Å². The first-order chi connectivity index (χ1) is 9.22. The van der Waals surface area contributed by atoms with Crippen LogP contribution in [0.3, 0.4) is 0 Å². The first-order valence-corrected chi connectivity index (χ1v) is 8.51. The van der Waals surface area contributed by atoms with Crippen LogP contribution in [0.25, 0.3) is 0 Å². The van der Waals surface area contributed by atoms with Crippen LogP contribution in [0.15, 0.2) is 0 Å². The molecular weight excluding hydrogens is 246 g/mol. The van der Waals surface area contributed by atoms with Gasteiger partial charge in [-0.25, -0.2) is 0 Å². The first-order valence-electron chi connectivity index (χ1n) is 8.51. The molecule has 1 spiro atoms. The maximum absolute atomic E-state index is 12.9. The number of amides is 1. The summed E-state index contributed by atoms with van der Waals surface area (Å²) < 4.78 is 0. The average molecular weight is 275 g/mol. The third-order valence-corrected chi connectivity index (χ3v) is 7.79. The van der Waals surface area contributed by atoms with Gasteiger partial charge in [0, 0.05) is 6.54 Å². The van der Waals surface area contributed by atoms with Crippen molar-refractivity contribution in [3.8, 4) is 0 Å². The lowest BCUT2D eigenvalue weighted by molar-refractivity contribution is -0.157. The van der Waals surface area contributed by atoms with Crippen molar-refractivity contribution in [2.75, 3.05) is 6.54 Å². The molecular formula is C18H29NO. The third-order valence-electron chi connectivity index (χ3n) is 7.79. The lowest BCUT2D eigenvalue weighted by Gasteiger charge is -2.64. The fourth-order valence-corrected chi connectivity index (χ4v) is 8.05. The van der Waals surface area contributed by atoms with Gasteiger partial charge in [0.1, 0.15) is 0 Å². The predicted molar refractivity (Wildman–Crippen MR) is 80.2 cm³/mol. The number of hydrogen-bond donors (Lipinski definition) is 1. The van der Waals surface area contributed by atoms with Gasteiger partial charge in [0.25, 0.3) is 0 Å². The average Bonchev–Trinajstić information content (AvgIpc) is 2.57. The van der Waals surface area contributed by atoms with E-state index in [0.29, 0.717) is 27.6 Å². The van der Waals surface area contributed by atoms with E-state index in [1.54, 1.807) is 0 Å². The van der Waals surface area contributed by atoms with Crippen LogP contribution >= 0.6 is 0 Å². The van der Waals surface area contributed by atoms with Crippen LogP contribution in [-0.2, 0) is 4.79 Å². The molecule has 0 aromatic rings. The number of fused-ring (bicyclic) bond motifs is 2. The highest BCUT2D eigenvalue weighted by atomic mass is 16.2. The Labute approximate surface area is 123 Å². The highest BCUT2D eigenvalue weighted by Gasteiger charge is 2.83. The smallest absolute Gasteiger partial charge is 0.226 e. The van der Waals surface area contributed by atoms with Crippen molar-refractivity contribution in [2.45, 2.75) is 72.6 Å². The lowest BCUT2D eigenvalue weighted by atomic mass is 9.40. The molecule has 0 aromatic carbocycles. The number of rotatable bonds is 3. The van der Waals surface area contributed by atoms with E-state index in [1.165, 1.54) is 25.7 Å². The number of nitrogens with one attached hydrogen (secondary N) is 1. The van der Waals surface area contributed by atoms with Gasteiger partial charge in [-0.05, 0) is 66.6 Å². The maximum Gasteiger partial charge on any atom is 0.226 e. The van der Waals surface area contributed by atoms with E-state index in [4.69, 9.17) is 0 Å². The molecule has 5 atom stereocenters. The summed E-state index contributed by atoms with van der Waals surface area (Å²) in [6.45, 7) is 10.5. The van der Waals surface area contributed by atoms with Crippen LogP contribution in [0.4, 0.5) is 0 Å². The first kappa shape index (κ1) is 13.2. The Balaban J connectivity index is 1.74. The van der Waals surface area contributed by atoms with Crippen LogP contribution in [-0.4, -0.2) is 12.5 Å². The molecule has 5 unspecified atom stereocenters. The normalized spacial score (nSPS) is 58.4. The van der Waals surface area contributed by atoms with Crippen molar-refractivity contribution in [3.05, 3.63) is 0 Å². The van der Waals surface area contributed by atoms with Gasteiger partial charge in [-0.1, -0.05) is 27.7 Å². The van der Waals surface area contributed by atoms with Crippen LogP contribution in [0.2, 0.25) is 0 Å². The minimum Gasteiger partial charge on any atom is -0.356 e. The SMILES string of the molecule is CCCNC(=O)C12CC3(C)CC4(C)CC(C)(C1)C4(C3)C2. The second-order valence-corrected chi connectivity index (χ2v) is 9.61. The second-order valence-electron chi connectivity index (χ2n) is 9.61. The summed E-state index contributed by atoms with van der Waals surface area (Å²) >= 11 is 0. The molecule has 4 fully saturated rings. The highest BCUT2D eigenvalue weighted by molar-refractivity contribution is 5.84. The molecule has 0 aromatic heterocycles. The fourth-order valence-electron chi connectivity index (χ4n) is 8.05. The lowest BCUT2D eigenvalue weighted by Crippen LogP contribution is -2.57. The Kier molecular flexibility index (Phi) is 2.16. The zero-order valence-corrected chi connectivity index (χ0v) is 13.6. The van der Waals surface area contributed by atoms with Crippen molar-refractivity contribution in [3.63, 3.8) is 0 Å². The van der Waals surface area contributed by atoms with Crippen LogP contribution in [0.5, 0.6) is 0 Å². The quantitative estimate of drug-likeness (QED) is 0.831. The fraction of sp³-hybridized carbons (Fsp3) is 0.944. The Bertz CT molecular complexity index is 498. The summed E-state index contributed by atoms with van der Waals surface area (Å²) in [7, 11) is 0. The Morgan fingerprint density at radius 2 is 1.65 bits per heavy atom. The molecule has 4 aliphatic carbocycles. The molecule has 0 saturated heterocycles. The molecule has 4 aliphatic rings. The third kappa shape index (κ3) is 1.18. The Morgan fingerprint density at radius 3 is 2.35 bits per heavy atom. The van der Waals surface area contributed by atoms with Crippen molar-refractivity contribution >= 4 is 5.91 Å². The standard InChI is InChI=1S/C18H29NO/c1-5-6-19-13(20)17-8-14(2)7-15(3)10-16(4,11-17)18(15,9-14)12-17/h5-12H2,1-4H3,(H,19,20). The van der Waals surface area contributed by atoms with E-state index in [9.17, 15) is 4.79 Å². The second kappa shape index (κ2) is 3.28. The zero-order chi connectivity index (χ0) is 14.4. The van der Waals surface area contributed by atoms with Crippen molar-refractivity contribution in [1.82, 2.24) is 5.32 Å². The largest absolute Gasteiger partial charge is 0.356 e. The topological polar surface area (TPSA) is 29.1 Å². The molecule has 1 N–H and O–H groups in total. The summed E-state index contributed by atoms with van der Waals surface area (Å²) in [6, 6.07) is 0. The van der Waals surface area contributed by atoms with E-state index < -0.39 is 0 Å². The summed E-state index contributed by atoms with van der Waals surface area (Å²) in [4.78, 5) is 12.9. The maximum atomic E-state index is 12.9. The number of carbonyl (C=O) groups excluding carboxylic acids is 1. The molecule has 4 saturated carbocycles. The van der Waals surface area contributed by atoms with Gasteiger partial charge >= 0.3 is 0 Å². The molecule has 20 heavy (non-hydrogen) atoms. The minimum absolute atomic E-state index is 0.0365. The number of carbonyl (C=O) groups is 1. The molecule has 3 bridgehead atoms. The summed E-state index contributed by atoms with van der Waals surface area (Å²) in [5.74, 6) is 0.379. The highest BCUT2D eigenvalue weighted by Crippen LogP contribution is 2.90. The van der Waals surface area contributed by atoms with E-state index in [1.807, 2.05) is 0 Å². The minimum atomic E-state index is -0.0365. The molecule has 1 amide bonds. The van der Waals surface area contributed by atoms with Gasteiger partial charge in [-0.3, -0.25) is 4.79 Å². The summed E-state index contributed by atoms with van der Waals surface area (Å²) in [5.41, 5.74) is 1.84. The van der Waals surface area contributed by atoms with Gasteiger partial charge in [-0.2, -0.15) is 0 Å². The van der Waals surface area contributed by atoms with Gasteiger partial charge in [-0.15, -0.1) is 0 Å². The molecule has 0 radical (unpaired) electrons. The van der Waals surface area contributed by atoms with E-state index in [0.717, 1.165) is 25.8 Å². The Hall–Kier alpha value is -0.530. The van der Waals surface area contributed by atoms with Gasteiger partial charge in [0.15, 0.2) is 0 Å². The van der Waals surface area contributed by atoms with Gasteiger partial charge < -0.3 is 5.32 Å². The monoisotopic (exact) mass is 275 g/mol. The molecule has 0 aliphatic heterocycles. The summed E-state index contributed by atoms with van der Waals surface area (Å²) in [5, 5.41) is 3.23. The predicted octanol–water partition coefficient (Wildman–Crippen LogP) is 3.90. The van der Waals surface area contributed by atoms with Crippen molar-refractivity contribution < 1.29 is 4.79 Å². The van der Waals surface area contributed by atoms with Gasteiger partial charge in [0.05, 0.1) is 5.41 Å². The molecule has 2 nitrogen and oxygen atoms in total. The molecule has 112 valence electrons. The molecule has 0 heterocycles. The van der Waals surface area contributed by atoms with Crippen LogP contribution < -0.4 is 5.32 Å². The molecule has 4 rings (SSSR count). The van der Waals surface area contributed by atoms with Crippen LogP contribution in [0.1, 0.15) is 72.6 Å². The summed E-state index contributed by atoms with van der Waals surface area (Å²) in [6.07, 6.45) is 8.62. The Morgan fingerprint density at radius 1 is 0.950 bits per heavy atom. The van der Waals surface area contributed by atoms with Crippen molar-refractivity contribution in [2.24, 2.45) is 27.1 Å². The van der Waals surface area contributed by atoms with Crippen molar-refractivity contribution in [1.29, 1.82) is 0 Å². The van der Waals surface area contributed by atoms with Crippen LogP contribution in [0, 0.1) is 27.1 Å². The number of hydrogen-bond acceptors (Lipinski definition) is 1. The van der Waals surface area contributed by atoms with E-state index in [-0.39, 0.29) is 5.41 Å². The molecule has 2 heteroatoms. The van der Waals surface area contributed by atoms with E-state index in [2.05, 4.69) is 33.0 Å².